The number of hydrogen-bond acceptors (Lipinski definition) is 5. The highest BCUT2D eigenvalue weighted by molar-refractivity contribution is 7.98. The van der Waals surface area contributed by atoms with Crippen LogP contribution in [0.15, 0.2) is 47.4 Å². The molecule has 2 rings (SSSR count). The van der Waals surface area contributed by atoms with Gasteiger partial charge in [-0.25, -0.2) is 0 Å². The molecule has 0 unspecified atom stereocenters. The van der Waals surface area contributed by atoms with Crippen LogP contribution in [0.4, 0.5) is 17.1 Å². The molecule has 0 heterocycles. The van der Waals surface area contributed by atoms with Crippen LogP contribution in [0.3, 0.4) is 0 Å². The van der Waals surface area contributed by atoms with E-state index >= 15 is 0 Å². The lowest BCUT2D eigenvalue weighted by Crippen LogP contribution is -2.13. The topological polar surface area (TPSA) is 98.3 Å². The third-order valence-electron chi connectivity index (χ3n) is 2.84. The van der Waals surface area contributed by atoms with E-state index in [9.17, 15) is 14.9 Å². The van der Waals surface area contributed by atoms with Gasteiger partial charge in [0.2, 0.25) is 0 Å². The second-order valence-electron chi connectivity index (χ2n) is 4.19. The van der Waals surface area contributed by atoms with Crippen LogP contribution in [-0.4, -0.2) is 17.1 Å². The first-order valence-corrected chi connectivity index (χ1v) is 7.23. The average Bonchev–Trinajstić information content (AvgIpc) is 2.47. The molecule has 0 spiro atoms. The molecule has 0 saturated heterocycles. The summed E-state index contributed by atoms with van der Waals surface area (Å²) in [7, 11) is 0. The normalized spacial score (nSPS) is 10.1. The predicted octanol–water partition coefficient (Wildman–Crippen LogP) is 3.15. The lowest BCUT2D eigenvalue weighted by Gasteiger charge is -2.09. The lowest BCUT2D eigenvalue weighted by atomic mass is 10.1. The number of nitrogen functional groups attached to an aromatic ring is 1. The highest BCUT2D eigenvalue weighted by Gasteiger charge is 2.16. The van der Waals surface area contributed by atoms with E-state index in [-0.39, 0.29) is 16.9 Å². The van der Waals surface area contributed by atoms with Gasteiger partial charge in [0.15, 0.2) is 0 Å². The fourth-order valence-corrected chi connectivity index (χ4v) is 2.34. The van der Waals surface area contributed by atoms with Gasteiger partial charge in [-0.2, -0.15) is 0 Å². The molecule has 0 fully saturated rings. The van der Waals surface area contributed by atoms with Gasteiger partial charge in [-0.15, -0.1) is 11.8 Å². The molecule has 0 atom stereocenters. The number of carbonyl (C=O) groups is 1. The van der Waals surface area contributed by atoms with Crippen LogP contribution in [0.1, 0.15) is 10.4 Å². The number of nitro groups is 1. The zero-order chi connectivity index (χ0) is 15.4. The van der Waals surface area contributed by atoms with Crippen molar-refractivity contribution in [1.82, 2.24) is 0 Å². The molecule has 0 saturated carbocycles. The van der Waals surface area contributed by atoms with Crippen LogP contribution in [0.5, 0.6) is 0 Å². The highest BCUT2D eigenvalue weighted by Crippen LogP contribution is 2.26. The molecule has 1 amide bonds. The summed E-state index contributed by atoms with van der Waals surface area (Å²) in [5.41, 5.74) is 6.11. The zero-order valence-corrected chi connectivity index (χ0v) is 12.0. The molecule has 2 aromatic rings. The van der Waals surface area contributed by atoms with E-state index in [2.05, 4.69) is 5.32 Å². The Morgan fingerprint density at radius 1 is 1.29 bits per heavy atom. The molecule has 0 aliphatic carbocycles. The summed E-state index contributed by atoms with van der Waals surface area (Å²) in [5, 5.41) is 13.6. The van der Waals surface area contributed by atoms with Crippen LogP contribution < -0.4 is 11.1 Å². The van der Waals surface area contributed by atoms with Crippen molar-refractivity contribution in [1.29, 1.82) is 0 Å². The molecule has 0 aromatic heterocycles. The van der Waals surface area contributed by atoms with Crippen LogP contribution in [0.25, 0.3) is 0 Å². The number of nitrogens with one attached hydrogen (secondary N) is 1. The van der Waals surface area contributed by atoms with Gasteiger partial charge in [0.05, 0.1) is 10.6 Å². The summed E-state index contributed by atoms with van der Waals surface area (Å²) in [6.07, 6.45) is 1.90. The number of para-hydroxylation sites is 1. The molecule has 0 bridgehead atoms. The maximum Gasteiger partial charge on any atom is 0.292 e. The molecular formula is C14H13N3O3S. The summed E-state index contributed by atoms with van der Waals surface area (Å²) < 4.78 is 0. The van der Waals surface area contributed by atoms with Crippen molar-refractivity contribution in [2.75, 3.05) is 17.3 Å². The number of nitrogens with zero attached hydrogens (tertiary/aromatic N) is 1. The summed E-state index contributed by atoms with van der Waals surface area (Å²) in [6, 6.07) is 11.3. The first-order chi connectivity index (χ1) is 10.0. The van der Waals surface area contributed by atoms with Crippen molar-refractivity contribution in [2.24, 2.45) is 0 Å². The Morgan fingerprint density at radius 3 is 2.67 bits per heavy atom. The summed E-state index contributed by atoms with van der Waals surface area (Å²) in [5.74, 6) is -0.417. The van der Waals surface area contributed by atoms with E-state index in [0.717, 1.165) is 4.90 Å². The van der Waals surface area contributed by atoms with E-state index in [1.165, 1.54) is 30.0 Å². The van der Waals surface area contributed by atoms with Gasteiger partial charge in [0.1, 0.15) is 5.69 Å². The SMILES string of the molecule is CSc1ccccc1NC(=O)c1ccc(N)c([N+](=O)[O-])c1. The van der Waals surface area contributed by atoms with Crippen LogP contribution >= 0.6 is 11.8 Å². The molecule has 21 heavy (non-hydrogen) atoms. The molecule has 0 radical (unpaired) electrons. The van der Waals surface area contributed by atoms with Gasteiger partial charge in [-0.1, -0.05) is 12.1 Å². The van der Waals surface area contributed by atoms with Crippen molar-refractivity contribution in [3.63, 3.8) is 0 Å². The maximum atomic E-state index is 12.2. The van der Waals surface area contributed by atoms with Crippen LogP contribution in [-0.2, 0) is 0 Å². The standard InChI is InChI=1S/C14H13N3O3S/c1-21-13-5-3-2-4-11(13)16-14(18)9-6-7-10(15)12(8-9)17(19)20/h2-8H,15H2,1H3,(H,16,18). The monoisotopic (exact) mass is 303 g/mol. The first kappa shape index (κ1) is 14.9. The zero-order valence-electron chi connectivity index (χ0n) is 11.2. The minimum Gasteiger partial charge on any atom is -0.393 e. The third kappa shape index (κ3) is 3.32. The van der Waals surface area contributed by atoms with E-state index < -0.39 is 10.8 Å². The quantitative estimate of drug-likeness (QED) is 0.391. The largest absolute Gasteiger partial charge is 0.393 e. The third-order valence-corrected chi connectivity index (χ3v) is 3.64. The number of benzene rings is 2. The highest BCUT2D eigenvalue weighted by atomic mass is 32.2. The van der Waals surface area contributed by atoms with Gasteiger partial charge >= 0.3 is 0 Å². The van der Waals surface area contributed by atoms with Gasteiger partial charge in [0.25, 0.3) is 11.6 Å². The molecule has 6 nitrogen and oxygen atoms in total. The number of anilines is 2. The van der Waals surface area contributed by atoms with Crippen LogP contribution in [0.2, 0.25) is 0 Å². The number of carbonyl (C=O) groups excluding carboxylic acids is 1. The molecule has 0 aliphatic rings. The Labute approximate surface area is 125 Å². The van der Waals surface area contributed by atoms with Crippen molar-refractivity contribution in [3.8, 4) is 0 Å². The van der Waals surface area contributed by atoms with E-state index in [1.807, 2.05) is 18.4 Å². The summed E-state index contributed by atoms with van der Waals surface area (Å²) in [4.78, 5) is 23.3. The molecule has 0 aliphatic heterocycles. The van der Waals surface area contributed by atoms with Crippen molar-refractivity contribution >= 4 is 34.7 Å². The van der Waals surface area contributed by atoms with Crippen LogP contribution in [0, 0.1) is 10.1 Å². The molecule has 2 aromatic carbocycles. The van der Waals surface area contributed by atoms with Crippen molar-refractivity contribution in [3.05, 3.63) is 58.1 Å². The Kier molecular flexibility index (Phi) is 4.44. The molecule has 3 N–H and O–H groups in total. The van der Waals surface area contributed by atoms with Gasteiger partial charge in [0, 0.05) is 16.5 Å². The number of thioether (sulfide) groups is 1. The van der Waals surface area contributed by atoms with E-state index in [4.69, 9.17) is 5.73 Å². The second-order valence-corrected chi connectivity index (χ2v) is 5.03. The number of nitro benzene ring substituents is 1. The van der Waals surface area contributed by atoms with Crippen molar-refractivity contribution < 1.29 is 9.72 Å². The summed E-state index contributed by atoms with van der Waals surface area (Å²) in [6.45, 7) is 0. The Hall–Kier alpha value is -2.54. The smallest absolute Gasteiger partial charge is 0.292 e. The van der Waals surface area contributed by atoms with Gasteiger partial charge in [-0.3, -0.25) is 14.9 Å². The average molecular weight is 303 g/mol. The Bertz CT molecular complexity index is 704. The Balaban J connectivity index is 2.29. The molecule has 108 valence electrons. The van der Waals surface area contributed by atoms with Crippen molar-refractivity contribution in [2.45, 2.75) is 4.90 Å². The fourth-order valence-electron chi connectivity index (χ4n) is 1.79. The molecule has 7 heteroatoms. The lowest BCUT2D eigenvalue weighted by molar-refractivity contribution is -0.383. The predicted molar refractivity (Wildman–Crippen MR) is 83.7 cm³/mol. The fraction of sp³-hybridized carbons (Fsp3) is 0.0714. The van der Waals surface area contributed by atoms with E-state index in [1.54, 1.807) is 12.1 Å². The minimum absolute atomic E-state index is 0.0288. The number of rotatable bonds is 4. The first-order valence-electron chi connectivity index (χ1n) is 6.01. The van der Waals surface area contributed by atoms with Gasteiger partial charge in [-0.05, 0) is 30.5 Å². The minimum atomic E-state index is -0.609. The second kappa shape index (κ2) is 6.27. The molecular weight excluding hydrogens is 290 g/mol. The number of nitrogens with two attached hydrogens (primary N) is 1. The number of hydrogen-bond donors (Lipinski definition) is 2. The van der Waals surface area contributed by atoms with Gasteiger partial charge < -0.3 is 11.1 Å². The number of amides is 1. The maximum absolute atomic E-state index is 12.2. The summed E-state index contributed by atoms with van der Waals surface area (Å²) >= 11 is 1.50. The van der Waals surface area contributed by atoms with E-state index in [0.29, 0.717) is 5.69 Å². The Morgan fingerprint density at radius 2 is 2.00 bits per heavy atom.